The highest BCUT2D eigenvalue weighted by atomic mass is 19.2. The minimum atomic E-state index is -1.59. The van der Waals surface area contributed by atoms with Crippen molar-refractivity contribution in [3.63, 3.8) is 0 Å². The van der Waals surface area contributed by atoms with Crippen molar-refractivity contribution >= 4 is 17.9 Å². The third-order valence-corrected chi connectivity index (χ3v) is 4.57. The van der Waals surface area contributed by atoms with E-state index in [1.165, 1.54) is 4.57 Å². The number of hydrogen-bond acceptors (Lipinski definition) is 4. The Bertz CT molecular complexity index is 1200. The van der Waals surface area contributed by atoms with Crippen LogP contribution in [-0.4, -0.2) is 15.8 Å². The van der Waals surface area contributed by atoms with Crippen molar-refractivity contribution < 1.29 is 17.6 Å². The monoisotopic (exact) mass is 402 g/mol. The number of hydrogen-bond donors (Lipinski definition) is 1. The zero-order valence-electron chi connectivity index (χ0n) is 15.1. The van der Waals surface area contributed by atoms with E-state index in [4.69, 9.17) is 0 Å². The van der Waals surface area contributed by atoms with Crippen LogP contribution in [0.3, 0.4) is 0 Å². The molecule has 2 aromatic carbocycles. The van der Waals surface area contributed by atoms with E-state index in [1.807, 2.05) is 19.1 Å². The molecule has 0 bridgehead atoms. The molecule has 0 saturated heterocycles. The van der Waals surface area contributed by atoms with Gasteiger partial charge < -0.3 is 9.88 Å². The third-order valence-electron chi connectivity index (χ3n) is 4.57. The van der Waals surface area contributed by atoms with Crippen LogP contribution < -0.4 is 10.9 Å². The van der Waals surface area contributed by atoms with Crippen molar-refractivity contribution in [2.24, 2.45) is 4.99 Å². The van der Waals surface area contributed by atoms with Crippen molar-refractivity contribution in [2.45, 2.75) is 20.0 Å². The van der Waals surface area contributed by atoms with Crippen LogP contribution in [0.1, 0.15) is 22.3 Å². The molecule has 9 heteroatoms. The van der Waals surface area contributed by atoms with Gasteiger partial charge in [0.25, 0.3) is 0 Å². The summed E-state index contributed by atoms with van der Waals surface area (Å²) < 4.78 is 55.3. The van der Waals surface area contributed by atoms with E-state index >= 15 is 0 Å². The van der Waals surface area contributed by atoms with Gasteiger partial charge in [-0.2, -0.15) is 9.37 Å². The van der Waals surface area contributed by atoms with E-state index in [2.05, 4.69) is 15.3 Å². The summed E-state index contributed by atoms with van der Waals surface area (Å²) in [5.74, 6) is -5.47. The minimum absolute atomic E-state index is 0.0282. The third kappa shape index (κ3) is 3.63. The standard InChI is InChI=1S/C20H14F4N4O/c1-10-2-12-6-25-7-13(12)5-17(10)26-20-27-19(29)16(23)9-28(20)8-11-3-14(21)18(24)15(22)4-11/h2-5,7,9H,6,8H2,1H3,(H,26,27,29). The molecule has 148 valence electrons. The largest absolute Gasteiger partial charge is 0.325 e. The van der Waals surface area contributed by atoms with Gasteiger partial charge in [-0.05, 0) is 47.4 Å². The molecule has 4 rings (SSSR count). The van der Waals surface area contributed by atoms with Crippen molar-refractivity contribution in [2.75, 3.05) is 5.32 Å². The lowest BCUT2D eigenvalue weighted by Gasteiger charge is -2.16. The van der Waals surface area contributed by atoms with Gasteiger partial charge in [-0.15, -0.1) is 0 Å². The van der Waals surface area contributed by atoms with Gasteiger partial charge in [-0.1, -0.05) is 6.07 Å². The Kier molecular flexibility index (Phi) is 4.65. The van der Waals surface area contributed by atoms with Crippen LogP contribution in [0.4, 0.5) is 29.2 Å². The number of rotatable bonds is 4. The fourth-order valence-electron chi connectivity index (χ4n) is 3.12. The second kappa shape index (κ2) is 7.16. The molecule has 1 aromatic heterocycles. The highest BCUT2D eigenvalue weighted by molar-refractivity contribution is 5.87. The summed E-state index contributed by atoms with van der Waals surface area (Å²) in [6, 6.07) is 5.35. The summed E-state index contributed by atoms with van der Waals surface area (Å²) in [6.45, 7) is 2.18. The van der Waals surface area contributed by atoms with Gasteiger partial charge >= 0.3 is 5.56 Å². The molecule has 5 nitrogen and oxygen atoms in total. The second-order valence-electron chi connectivity index (χ2n) is 6.68. The first-order valence-corrected chi connectivity index (χ1v) is 8.62. The van der Waals surface area contributed by atoms with Crippen molar-refractivity contribution in [3.8, 4) is 0 Å². The van der Waals surface area contributed by atoms with Crippen LogP contribution in [0.2, 0.25) is 0 Å². The van der Waals surface area contributed by atoms with Crippen LogP contribution in [0, 0.1) is 30.2 Å². The molecule has 1 N–H and O–H groups in total. The highest BCUT2D eigenvalue weighted by Crippen LogP contribution is 2.26. The summed E-state index contributed by atoms with van der Waals surface area (Å²) in [5, 5.41) is 2.96. The normalized spacial score (nSPS) is 12.3. The SMILES string of the molecule is Cc1cc2c(cc1Nc1nc(=O)c(F)cn1Cc1cc(F)c(F)c(F)c1)C=NC2. The van der Waals surface area contributed by atoms with Gasteiger partial charge in [-0.3, -0.25) is 9.79 Å². The molecule has 29 heavy (non-hydrogen) atoms. The molecule has 1 aliphatic heterocycles. The van der Waals surface area contributed by atoms with Gasteiger partial charge in [0.15, 0.2) is 17.5 Å². The Balaban J connectivity index is 1.74. The van der Waals surface area contributed by atoms with Gasteiger partial charge in [0, 0.05) is 18.1 Å². The van der Waals surface area contributed by atoms with Gasteiger partial charge in [-0.25, -0.2) is 13.2 Å². The van der Waals surface area contributed by atoms with E-state index < -0.39 is 28.8 Å². The Morgan fingerprint density at radius 1 is 1.07 bits per heavy atom. The molecule has 3 aromatic rings. The fourth-order valence-corrected chi connectivity index (χ4v) is 3.12. The molecular weight excluding hydrogens is 388 g/mol. The Labute approximate surface area is 162 Å². The molecule has 0 spiro atoms. The second-order valence-corrected chi connectivity index (χ2v) is 6.68. The summed E-state index contributed by atoms with van der Waals surface area (Å²) in [6.07, 6.45) is 2.59. The zero-order valence-corrected chi connectivity index (χ0v) is 15.1. The topological polar surface area (TPSA) is 59.3 Å². The quantitative estimate of drug-likeness (QED) is 0.533. The predicted octanol–water partition coefficient (Wildman–Crippen LogP) is 3.83. The van der Waals surface area contributed by atoms with Crippen LogP contribution in [0.25, 0.3) is 0 Å². The number of aromatic nitrogens is 2. The Morgan fingerprint density at radius 2 is 1.79 bits per heavy atom. The first kappa shape index (κ1) is 18.9. The van der Waals surface area contributed by atoms with E-state index in [1.54, 1.807) is 6.21 Å². The smallest absolute Gasteiger partial charge is 0.310 e. The van der Waals surface area contributed by atoms with Crippen LogP contribution in [0.5, 0.6) is 0 Å². The Hall–Kier alpha value is -3.49. The average Bonchev–Trinajstić information content (AvgIpc) is 3.11. The number of fused-ring (bicyclic) bond motifs is 1. The van der Waals surface area contributed by atoms with Crippen molar-refractivity contribution in [1.29, 1.82) is 0 Å². The molecule has 1 aliphatic rings. The molecule has 0 radical (unpaired) electrons. The number of benzene rings is 2. The average molecular weight is 402 g/mol. The molecule has 2 heterocycles. The van der Waals surface area contributed by atoms with Crippen molar-refractivity contribution in [1.82, 2.24) is 9.55 Å². The molecule has 0 fully saturated rings. The molecule has 0 amide bonds. The lowest BCUT2D eigenvalue weighted by Crippen LogP contribution is -2.20. The number of halogens is 4. The summed E-state index contributed by atoms with van der Waals surface area (Å²) >= 11 is 0. The van der Waals surface area contributed by atoms with Crippen LogP contribution >= 0.6 is 0 Å². The predicted molar refractivity (Wildman–Crippen MR) is 99.6 cm³/mol. The fraction of sp³-hybridized carbons (Fsp3) is 0.150. The van der Waals surface area contributed by atoms with Gasteiger partial charge in [0.05, 0.1) is 13.1 Å². The first-order valence-electron chi connectivity index (χ1n) is 8.62. The summed E-state index contributed by atoms with van der Waals surface area (Å²) in [4.78, 5) is 19.6. The maximum atomic E-state index is 13.8. The molecule has 0 atom stereocenters. The molecule has 0 aliphatic carbocycles. The molecule has 0 saturated carbocycles. The first-order chi connectivity index (χ1) is 13.8. The summed E-state index contributed by atoms with van der Waals surface area (Å²) in [7, 11) is 0. The zero-order chi connectivity index (χ0) is 20.7. The van der Waals surface area contributed by atoms with Gasteiger partial charge in [0.2, 0.25) is 11.8 Å². The number of aryl methyl sites for hydroxylation is 1. The van der Waals surface area contributed by atoms with Crippen molar-refractivity contribution in [3.05, 3.63) is 86.3 Å². The maximum Gasteiger partial charge on any atom is 0.310 e. The van der Waals surface area contributed by atoms with Crippen LogP contribution in [-0.2, 0) is 13.1 Å². The number of anilines is 2. The summed E-state index contributed by atoms with van der Waals surface area (Å²) in [5.41, 5.74) is 2.36. The Morgan fingerprint density at radius 3 is 2.52 bits per heavy atom. The van der Waals surface area contributed by atoms with Crippen LogP contribution in [0.15, 0.2) is 40.2 Å². The van der Waals surface area contributed by atoms with E-state index in [9.17, 15) is 22.4 Å². The highest BCUT2D eigenvalue weighted by Gasteiger charge is 2.15. The maximum absolute atomic E-state index is 13.8. The number of nitrogens with zero attached hydrogens (tertiary/aromatic N) is 3. The molecular formula is C20H14F4N4O. The van der Waals surface area contributed by atoms with E-state index in [0.717, 1.165) is 35.0 Å². The minimum Gasteiger partial charge on any atom is -0.325 e. The number of aliphatic imine (C=N–C) groups is 1. The number of nitrogens with one attached hydrogen (secondary N) is 1. The lowest BCUT2D eigenvalue weighted by atomic mass is 10.0. The lowest BCUT2D eigenvalue weighted by molar-refractivity contribution is 0.444. The molecule has 0 unspecified atom stereocenters. The van der Waals surface area contributed by atoms with Gasteiger partial charge in [0.1, 0.15) is 0 Å². The van der Waals surface area contributed by atoms with E-state index in [0.29, 0.717) is 12.2 Å². The van der Waals surface area contributed by atoms with E-state index in [-0.39, 0.29) is 18.1 Å².